The molecule has 4 nitrogen and oxygen atoms in total. The molecule has 0 aromatic carbocycles. The van der Waals surface area contributed by atoms with Crippen molar-refractivity contribution < 1.29 is 5.11 Å². The Morgan fingerprint density at radius 1 is 1.29 bits per heavy atom. The van der Waals surface area contributed by atoms with Gasteiger partial charge in [-0.05, 0) is 50.4 Å². The molecule has 0 radical (unpaired) electrons. The van der Waals surface area contributed by atoms with Crippen LogP contribution in [0.4, 0.5) is 0 Å². The first kappa shape index (κ1) is 15.0. The van der Waals surface area contributed by atoms with E-state index < -0.39 is 0 Å². The fourth-order valence-electron chi connectivity index (χ4n) is 4.45. The van der Waals surface area contributed by atoms with Crippen LogP contribution in [0.25, 0.3) is 0 Å². The number of hydrogen-bond donors (Lipinski definition) is 2. The maximum atomic E-state index is 9.15. The van der Waals surface area contributed by atoms with Crippen molar-refractivity contribution in [3.63, 3.8) is 0 Å². The van der Waals surface area contributed by atoms with Crippen LogP contribution in [0.5, 0.6) is 0 Å². The monoisotopic (exact) mass is 291 g/mol. The minimum absolute atomic E-state index is 0.171. The van der Waals surface area contributed by atoms with Crippen LogP contribution in [-0.4, -0.2) is 27.5 Å². The minimum atomic E-state index is 0.171. The van der Waals surface area contributed by atoms with E-state index in [0.717, 1.165) is 18.3 Å². The van der Waals surface area contributed by atoms with Crippen molar-refractivity contribution in [1.82, 2.24) is 15.1 Å². The number of rotatable bonds is 4. The summed E-state index contributed by atoms with van der Waals surface area (Å²) in [4.78, 5) is 0. The third kappa shape index (κ3) is 3.32. The van der Waals surface area contributed by atoms with Crippen LogP contribution in [0, 0.1) is 11.8 Å². The lowest BCUT2D eigenvalue weighted by Crippen LogP contribution is -2.39. The largest absolute Gasteiger partial charge is 0.394 e. The maximum Gasteiger partial charge on any atom is 0.0644 e. The predicted molar refractivity (Wildman–Crippen MR) is 84.1 cm³/mol. The molecule has 1 saturated carbocycles. The number of nitrogens with zero attached hydrogens (tertiary/aromatic N) is 2. The van der Waals surface area contributed by atoms with Gasteiger partial charge in [-0.1, -0.05) is 13.8 Å². The molecule has 2 aliphatic carbocycles. The van der Waals surface area contributed by atoms with Gasteiger partial charge in [-0.2, -0.15) is 5.10 Å². The molecule has 1 heterocycles. The molecule has 2 aliphatic rings. The van der Waals surface area contributed by atoms with Crippen LogP contribution in [0.2, 0.25) is 0 Å². The molecule has 0 bridgehead atoms. The summed E-state index contributed by atoms with van der Waals surface area (Å²) >= 11 is 0. The molecule has 1 aromatic heterocycles. The molecule has 3 rings (SSSR count). The molecule has 4 heteroatoms. The second-order valence-corrected chi connectivity index (χ2v) is 7.22. The molecule has 21 heavy (non-hydrogen) atoms. The van der Waals surface area contributed by atoms with Gasteiger partial charge in [0.1, 0.15) is 0 Å². The Bertz CT molecular complexity index is 461. The lowest BCUT2D eigenvalue weighted by molar-refractivity contribution is 0.219. The van der Waals surface area contributed by atoms with Gasteiger partial charge in [0.05, 0.1) is 19.3 Å². The van der Waals surface area contributed by atoms with E-state index in [-0.39, 0.29) is 6.61 Å². The Labute approximate surface area is 127 Å². The van der Waals surface area contributed by atoms with Crippen molar-refractivity contribution in [2.45, 2.75) is 71.0 Å². The number of nitrogens with one attached hydrogen (secondary N) is 1. The first-order chi connectivity index (χ1) is 10.2. The summed E-state index contributed by atoms with van der Waals surface area (Å²) in [6, 6.07) is 1.12. The molecular formula is C17H29N3O. The number of aliphatic hydroxyl groups is 1. The molecule has 3 unspecified atom stereocenters. The summed E-state index contributed by atoms with van der Waals surface area (Å²) in [6.45, 7) is 5.56. The van der Waals surface area contributed by atoms with Gasteiger partial charge in [0, 0.05) is 23.3 Å². The SMILES string of the molecule is CC1CC(C)CC(NC2CCCc3c2cnn3CCO)C1. The van der Waals surface area contributed by atoms with E-state index in [1.54, 1.807) is 0 Å². The minimum Gasteiger partial charge on any atom is -0.394 e. The number of hydrogen-bond acceptors (Lipinski definition) is 3. The first-order valence-corrected chi connectivity index (χ1v) is 8.58. The highest BCUT2D eigenvalue weighted by Crippen LogP contribution is 2.34. The van der Waals surface area contributed by atoms with E-state index in [0.29, 0.717) is 18.6 Å². The first-order valence-electron chi connectivity index (χ1n) is 8.58. The fourth-order valence-corrected chi connectivity index (χ4v) is 4.45. The molecule has 0 saturated heterocycles. The van der Waals surface area contributed by atoms with Crippen molar-refractivity contribution >= 4 is 0 Å². The average Bonchev–Trinajstić information content (AvgIpc) is 2.83. The summed E-state index contributed by atoms with van der Waals surface area (Å²) in [7, 11) is 0. The fraction of sp³-hybridized carbons (Fsp3) is 0.824. The van der Waals surface area contributed by atoms with Crippen molar-refractivity contribution in [3.05, 3.63) is 17.5 Å². The highest BCUT2D eigenvalue weighted by Gasteiger charge is 2.29. The summed E-state index contributed by atoms with van der Waals surface area (Å²) < 4.78 is 2.00. The zero-order valence-corrected chi connectivity index (χ0v) is 13.4. The molecule has 2 N–H and O–H groups in total. The van der Waals surface area contributed by atoms with E-state index in [2.05, 4.69) is 24.3 Å². The second-order valence-electron chi connectivity index (χ2n) is 7.22. The van der Waals surface area contributed by atoms with Crippen molar-refractivity contribution in [3.8, 4) is 0 Å². The van der Waals surface area contributed by atoms with Crippen molar-refractivity contribution in [2.75, 3.05) is 6.61 Å². The molecular weight excluding hydrogens is 262 g/mol. The zero-order chi connectivity index (χ0) is 14.8. The van der Waals surface area contributed by atoms with Gasteiger partial charge in [0.25, 0.3) is 0 Å². The van der Waals surface area contributed by atoms with E-state index in [1.165, 1.54) is 43.4 Å². The van der Waals surface area contributed by atoms with Crippen LogP contribution in [-0.2, 0) is 13.0 Å². The average molecular weight is 291 g/mol. The van der Waals surface area contributed by atoms with Crippen LogP contribution in [0.3, 0.4) is 0 Å². The van der Waals surface area contributed by atoms with Gasteiger partial charge in [-0.25, -0.2) is 0 Å². The molecule has 118 valence electrons. The summed E-state index contributed by atoms with van der Waals surface area (Å²) in [5.74, 6) is 1.68. The Kier molecular flexibility index (Phi) is 4.65. The van der Waals surface area contributed by atoms with Crippen LogP contribution in [0.1, 0.15) is 63.3 Å². The van der Waals surface area contributed by atoms with Crippen molar-refractivity contribution in [2.24, 2.45) is 11.8 Å². The molecule has 0 amide bonds. The highest BCUT2D eigenvalue weighted by molar-refractivity contribution is 5.25. The third-order valence-corrected chi connectivity index (χ3v) is 5.19. The molecule has 1 fully saturated rings. The van der Waals surface area contributed by atoms with E-state index in [9.17, 15) is 0 Å². The second kappa shape index (κ2) is 6.49. The van der Waals surface area contributed by atoms with Gasteiger partial charge in [0.2, 0.25) is 0 Å². The predicted octanol–water partition coefficient (Wildman–Crippen LogP) is 2.67. The van der Waals surface area contributed by atoms with Crippen LogP contribution in [0.15, 0.2) is 6.20 Å². The van der Waals surface area contributed by atoms with E-state index in [1.807, 2.05) is 10.9 Å². The standard InChI is InChI=1S/C17H29N3O/c1-12-8-13(2)10-14(9-12)19-16-4-3-5-17-15(16)11-18-20(17)6-7-21/h11-14,16,19,21H,3-10H2,1-2H3. The molecule has 3 atom stereocenters. The lowest BCUT2D eigenvalue weighted by atomic mass is 9.79. The Hall–Kier alpha value is -0.870. The Balaban J connectivity index is 1.70. The zero-order valence-electron chi connectivity index (χ0n) is 13.4. The Morgan fingerprint density at radius 3 is 2.76 bits per heavy atom. The Morgan fingerprint density at radius 2 is 2.05 bits per heavy atom. The summed E-state index contributed by atoms with van der Waals surface area (Å²) in [5.41, 5.74) is 2.71. The van der Waals surface area contributed by atoms with Gasteiger partial charge >= 0.3 is 0 Å². The van der Waals surface area contributed by atoms with Crippen LogP contribution >= 0.6 is 0 Å². The molecule has 0 aliphatic heterocycles. The maximum absolute atomic E-state index is 9.15. The smallest absolute Gasteiger partial charge is 0.0644 e. The lowest BCUT2D eigenvalue weighted by Gasteiger charge is -2.36. The van der Waals surface area contributed by atoms with Gasteiger partial charge in [-0.15, -0.1) is 0 Å². The van der Waals surface area contributed by atoms with Gasteiger partial charge in [0.15, 0.2) is 0 Å². The number of aliphatic hydroxyl groups excluding tert-OH is 1. The summed E-state index contributed by atoms with van der Waals surface area (Å²) in [6.07, 6.45) is 9.56. The van der Waals surface area contributed by atoms with E-state index in [4.69, 9.17) is 5.11 Å². The van der Waals surface area contributed by atoms with Gasteiger partial charge < -0.3 is 10.4 Å². The van der Waals surface area contributed by atoms with Crippen molar-refractivity contribution in [1.29, 1.82) is 0 Å². The topological polar surface area (TPSA) is 50.1 Å². The van der Waals surface area contributed by atoms with Gasteiger partial charge in [-0.3, -0.25) is 4.68 Å². The quantitative estimate of drug-likeness (QED) is 0.896. The molecule has 1 aromatic rings. The number of fused-ring (bicyclic) bond motifs is 1. The molecule has 0 spiro atoms. The van der Waals surface area contributed by atoms with Crippen LogP contribution < -0.4 is 5.32 Å². The highest BCUT2D eigenvalue weighted by atomic mass is 16.3. The normalized spacial score (nSPS) is 32.9. The third-order valence-electron chi connectivity index (χ3n) is 5.19. The number of aromatic nitrogens is 2. The van der Waals surface area contributed by atoms with E-state index >= 15 is 0 Å². The summed E-state index contributed by atoms with van der Waals surface area (Å²) in [5, 5.41) is 17.5.